The maximum Gasteiger partial charge on any atom is 0.224 e. The van der Waals surface area contributed by atoms with Gasteiger partial charge in [-0.05, 0) is 39.8 Å². The van der Waals surface area contributed by atoms with Gasteiger partial charge in [0.2, 0.25) is 5.91 Å². The number of carbonyl (C=O) groups is 1. The van der Waals surface area contributed by atoms with E-state index in [2.05, 4.69) is 38.5 Å². The van der Waals surface area contributed by atoms with Gasteiger partial charge < -0.3 is 14.4 Å². The maximum atomic E-state index is 12.6. The van der Waals surface area contributed by atoms with Gasteiger partial charge in [-0.1, -0.05) is 0 Å². The molecule has 0 radical (unpaired) electrons. The van der Waals surface area contributed by atoms with Crippen molar-refractivity contribution in [3.63, 3.8) is 0 Å². The molecule has 0 spiro atoms. The van der Waals surface area contributed by atoms with E-state index in [0.29, 0.717) is 6.42 Å². The number of amides is 1. The van der Waals surface area contributed by atoms with Gasteiger partial charge >= 0.3 is 0 Å². The third kappa shape index (κ3) is 4.00. The molecule has 1 fully saturated rings. The smallest absolute Gasteiger partial charge is 0.224 e. The molecule has 1 atom stereocenters. The van der Waals surface area contributed by atoms with Crippen LogP contribution in [0.25, 0.3) is 0 Å². The van der Waals surface area contributed by atoms with Gasteiger partial charge in [-0.15, -0.1) is 0 Å². The van der Waals surface area contributed by atoms with Crippen LogP contribution in [0.1, 0.15) is 36.6 Å². The molecule has 0 aromatic carbocycles. The number of imidazole rings is 1. The number of piperazine rings is 1. The SMILES string of the molecule is Cc1cc(N2CCN(C(=O)C[C@H](C)n3ccnc3C)CC2)cc(C)n1. The lowest BCUT2D eigenvalue weighted by atomic mass is 10.1. The second-order valence-electron chi connectivity index (χ2n) is 6.91. The minimum Gasteiger partial charge on any atom is -0.368 e. The molecule has 6 nitrogen and oxygen atoms in total. The summed E-state index contributed by atoms with van der Waals surface area (Å²) in [6.07, 6.45) is 4.25. The van der Waals surface area contributed by atoms with Crippen molar-refractivity contribution in [2.24, 2.45) is 0 Å². The normalized spacial score (nSPS) is 16.2. The van der Waals surface area contributed by atoms with Gasteiger partial charge in [-0.3, -0.25) is 9.78 Å². The summed E-state index contributed by atoms with van der Waals surface area (Å²) in [5, 5.41) is 0. The van der Waals surface area contributed by atoms with Crippen molar-refractivity contribution in [2.75, 3.05) is 31.1 Å². The Morgan fingerprint density at radius 1 is 1.12 bits per heavy atom. The third-order valence-corrected chi connectivity index (χ3v) is 4.87. The van der Waals surface area contributed by atoms with E-state index in [9.17, 15) is 4.79 Å². The molecule has 1 aliphatic rings. The van der Waals surface area contributed by atoms with Crippen molar-refractivity contribution in [3.05, 3.63) is 41.7 Å². The quantitative estimate of drug-likeness (QED) is 0.857. The molecular weight excluding hydrogens is 314 g/mol. The first kappa shape index (κ1) is 17.5. The topological polar surface area (TPSA) is 54.3 Å². The molecular formula is C19H27N5O. The zero-order valence-electron chi connectivity index (χ0n) is 15.6. The van der Waals surface area contributed by atoms with Crippen molar-refractivity contribution in [1.29, 1.82) is 0 Å². The van der Waals surface area contributed by atoms with E-state index in [1.807, 2.05) is 31.9 Å². The van der Waals surface area contributed by atoms with Crippen LogP contribution < -0.4 is 4.90 Å². The zero-order chi connectivity index (χ0) is 18.0. The molecule has 0 unspecified atom stereocenters. The molecule has 0 aliphatic carbocycles. The summed E-state index contributed by atoms with van der Waals surface area (Å²) in [4.78, 5) is 25.6. The summed E-state index contributed by atoms with van der Waals surface area (Å²) in [6.45, 7) is 11.4. The van der Waals surface area contributed by atoms with Crippen LogP contribution in [0.15, 0.2) is 24.5 Å². The molecule has 6 heteroatoms. The number of aryl methyl sites for hydroxylation is 3. The van der Waals surface area contributed by atoms with Crippen LogP contribution in [0.3, 0.4) is 0 Å². The van der Waals surface area contributed by atoms with Gasteiger partial charge in [-0.25, -0.2) is 4.98 Å². The average Bonchev–Trinajstić information content (AvgIpc) is 3.00. The molecule has 1 amide bonds. The lowest BCUT2D eigenvalue weighted by molar-refractivity contribution is -0.132. The van der Waals surface area contributed by atoms with Crippen molar-refractivity contribution in [1.82, 2.24) is 19.4 Å². The number of hydrogen-bond donors (Lipinski definition) is 0. The number of carbonyl (C=O) groups excluding carboxylic acids is 1. The van der Waals surface area contributed by atoms with Crippen LogP contribution in [0, 0.1) is 20.8 Å². The summed E-state index contributed by atoms with van der Waals surface area (Å²) in [5.74, 6) is 1.18. The summed E-state index contributed by atoms with van der Waals surface area (Å²) in [5.41, 5.74) is 3.29. The fraction of sp³-hybridized carbons (Fsp3) is 0.526. The average molecular weight is 341 g/mol. The van der Waals surface area contributed by atoms with E-state index < -0.39 is 0 Å². The fourth-order valence-electron chi connectivity index (χ4n) is 3.54. The highest BCUT2D eigenvalue weighted by Gasteiger charge is 2.23. The first-order valence-corrected chi connectivity index (χ1v) is 8.91. The second kappa shape index (κ2) is 7.25. The number of hydrogen-bond acceptors (Lipinski definition) is 4. The molecule has 2 aromatic heterocycles. The minimum atomic E-state index is 0.138. The van der Waals surface area contributed by atoms with E-state index >= 15 is 0 Å². The maximum absolute atomic E-state index is 12.6. The van der Waals surface area contributed by atoms with Crippen LogP contribution in [0.2, 0.25) is 0 Å². The lowest BCUT2D eigenvalue weighted by Gasteiger charge is -2.36. The first-order valence-electron chi connectivity index (χ1n) is 8.91. The zero-order valence-corrected chi connectivity index (χ0v) is 15.6. The Kier molecular flexibility index (Phi) is 5.06. The van der Waals surface area contributed by atoms with E-state index in [-0.39, 0.29) is 11.9 Å². The molecule has 25 heavy (non-hydrogen) atoms. The number of aromatic nitrogens is 3. The van der Waals surface area contributed by atoms with Gasteiger partial charge in [-0.2, -0.15) is 0 Å². The number of pyridine rings is 1. The van der Waals surface area contributed by atoms with Crippen LogP contribution in [-0.2, 0) is 4.79 Å². The second-order valence-corrected chi connectivity index (χ2v) is 6.91. The Balaban J connectivity index is 1.56. The van der Waals surface area contributed by atoms with Crippen molar-refractivity contribution >= 4 is 11.6 Å². The summed E-state index contributed by atoms with van der Waals surface area (Å²) >= 11 is 0. The Morgan fingerprint density at radius 2 is 1.76 bits per heavy atom. The van der Waals surface area contributed by atoms with E-state index in [0.717, 1.165) is 43.4 Å². The summed E-state index contributed by atoms with van der Waals surface area (Å²) < 4.78 is 2.07. The van der Waals surface area contributed by atoms with Crippen LogP contribution in [-0.4, -0.2) is 51.5 Å². The highest BCUT2D eigenvalue weighted by Crippen LogP contribution is 2.20. The molecule has 3 heterocycles. The largest absolute Gasteiger partial charge is 0.368 e. The van der Waals surface area contributed by atoms with Gasteiger partial charge in [0.05, 0.1) is 0 Å². The Labute approximate surface area is 149 Å². The summed E-state index contributed by atoms with van der Waals surface area (Å²) in [7, 11) is 0. The van der Waals surface area contributed by atoms with E-state index in [4.69, 9.17) is 0 Å². The number of anilines is 1. The van der Waals surface area contributed by atoms with Crippen LogP contribution in [0.5, 0.6) is 0 Å². The van der Waals surface area contributed by atoms with Crippen molar-refractivity contribution in [2.45, 2.75) is 40.2 Å². The van der Waals surface area contributed by atoms with E-state index in [1.165, 1.54) is 5.69 Å². The highest BCUT2D eigenvalue weighted by atomic mass is 16.2. The van der Waals surface area contributed by atoms with E-state index in [1.54, 1.807) is 6.20 Å². The molecule has 1 saturated heterocycles. The minimum absolute atomic E-state index is 0.138. The first-order chi connectivity index (χ1) is 11.9. The number of nitrogens with zero attached hydrogens (tertiary/aromatic N) is 5. The standard InChI is InChI=1S/C19H27N5O/c1-14-11-18(12-15(2)21-14)22-7-9-23(10-8-22)19(25)13-16(3)24-6-5-20-17(24)4/h5-6,11-12,16H,7-10,13H2,1-4H3/t16-/m0/s1. The molecule has 0 bridgehead atoms. The Morgan fingerprint density at radius 3 is 2.32 bits per heavy atom. The van der Waals surface area contributed by atoms with Gasteiger partial charge in [0.25, 0.3) is 0 Å². The fourth-order valence-corrected chi connectivity index (χ4v) is 3.54. The molecule has 2 aromatic rings. The number of rotatable bonds is 4. The van der Waals surface area contributed by atoms with Gasteiger partial charge in [0, 0.05) is 68.1 Å². The monoisotopic (exact) mass is 341 g/mol. The molecule has 0 saturated carbocycles. The van der Waals surface area contributed by atoms with Crippen molar-refractivity contribution in [3.8, 4) is 0 Å². The highest BCUT2D eigenvalue weighted by molar-refractivity contribution is 5.77. The van der Waals surface area contributed by atoms with Crippen LogP contribution in [0.4, 0.5) is 5.69 Å². The molecule has 134 valence electrons. The molecule has 1 aliphatic heterocycles. The molecule has 3 rings (SSSR count). The summed E-state index contributed by atoms with van der Waals surface area (Å²) in [6, 6.07) is 4.38. The predicted molar refractivity (Wildman–Crippen MR) is 98.8 cm³/mol. The Bertz CT molecular complexity index is 726. The molecule has 0 N–H and O–H groups in total. The third-order valence-electron chi connectivity index (χ3n) is 4.87. The van der Waals surface area contributed by atoms with Crippen molar-refractivity contribution < 1.29 is 4.79 Å². The van der Waals surface area contributed by atoms with Crippen LogP contribution >= 0.6 is 0 Å². The predicted octanol–water partition coefficient (Wildman–Crippen LogP) is 2.50. The lowest BCUT2D eigenvalue weighted by Crippen LogP contribution is -2.49. The Hall–Kier alpha value is -2.37. The van der Waals surface area contributed by atoms with Gasteiger partial charge in [0.1, 0.15) is 5.82 Å². The van der Waals surface area contributed by atoms with Gasteiger partial charge in [0.15, 0.2) is 0 Å².